The normalized spacial score (nSPS) is 12.0. The summed E-state index contributed by atoms with van der Waals surface area (Å²) in [6.07, 6.45) is 0.130. The number of carbonyl (C=O) groups excluding carboxylic acids is 1. The molecular formula is C20H22N4O3. The number of nitrogens with one attached hydrogen (secondary N) is 1. The molecule has 1 N–H and O–H groups in total. The van der Waals surface area contributed by atoms with Gasteiger partial charge in [-0.2, -0.15) is 0 Å². The van der Waals surface area contributed by atoms with Crippen molar-refractivity contribution in [1.29, 1.82) is 0 Å². The second kappa shape index (κ2) is 7.99. The molecule has 0 aliphatic rings. The molecule has 7 nitrogen and oxygen atoms in total. The van der Waals surface area contributed by atoms with Crippen LogP contribution in [0.5, 0.6) is 5.75 Å². The van der Waals surface area contributed by atoms with Gasteiger partial charge in [-0.05, 0) is 32.0 Å². The summed E-state index contributed by atoms with van der Waals surface area (Å²) in [4.78, 5) is 24.8. The lowest BCUT2D eigenvalue weighted by molar-refractivity contribution is -0.122. The number of nitrogens with zero attached hydrogens (tertiary/aromatic N) is 3. The minimum Gasteiger partial charge on any atom is -0.496 e. The first-order chi connectivity index (χ1) is 13.0. The molecule has 1 amide bonds. The zero-order chi connectivity index (χ0) is 19.4. The maximum atomic E-state index is 12.4. The number of methoxy groups -OCH3 is 1. The first-order valence-corrected chi connectivity index (χ1v) is 8.76. The van der Waals surface area contributed by atoms with Gasteiger partial charge in [-0.1, -0.05) is 35.0 Å². The molecule has 0 spiro atoms. The van der Waals surface area contributed by atoms with E-state index in [1.807, 2.05) is 32.0 Å². The molecule has 0 aliphatic carbocycles. The van der Waals surface area contributed by atoms with Crippen molar-refractivity contribution in [2.75, 3.05) is 7.11 Å². The Morgan fingerprint density at radius 1 is 1.26 bits per heavy atom. The smallest absolute Gasteiger partial charge is 0.277 e. The van der Waals surface area contributed by atoms with Crippen LogP contribution in [0.1, 0.15) is 30.5 Å². The van der Waals surface area contributed by atoms with Gasteiger partial charge >= 0.3 is 0 Å². The first kappa shape index (κ1) is 18.6. The van der Waals surface area contributed by atoms with Crippen LogP contribution in [0.15, 0.2) is 47.3 Å². The van der Waals surface area contributed by atoms with Crippen molar-refractivity contribution in [3.05, 3.63) is 63.9 Å². The lowest BCUT2D eigenvalue weighted by Crippen LogP contribution is -2.31. The number of fused-ring (bicyclic) bond motifs is 1. The van der Waals surface area contributed by atoms with Crippen LogP contribution in [0, 0.1) is 6.92 Å². The van der Waals surface area contributed by atoms with E-state index < -0.39 is 0 Å². The van der Waals surface area contributed by atoms with Gasteiger partial charge in [0, 0.05) is 12.0 Å². The second-order valence-corrected chi connectivity index (χ2v) is 6.42. The molecule has 0 aliphatic heterocycles. The van der Waals surface area contributed by atoms with Gasteiger partial charge in [0.15, 0.2) is 0 Å². The molecule has 1 aromatic heterocycles. The quantitative estimate of drug-likeness (QED) is 0.724. The van der Waals surface area contributed by atoms with Crippen LogP contribution in [0.3, 0.4) is 0 Å². The largest absolute Gasteiger partial charge is 0.496 e. The Morgan fingerprint density at radius 3 is 2.81 bits per heavy atom. The van der Waals surface area contributed by atoms with Crippen molar-refractivity contribution >= 4 is 16.8 Å². The van der Waals surface area contributed by atoms with Crippen molar-refractivity contribution in [3.8, 4) is 5.75 Å². The molecule has 1 unspecified atom stereocenters. The molecule has 3 rings (SSSR count). The van der Waals surface area contributed by atoms with E-state index in [-0.39, 0.29) is 30.5 Å². The number of hydrogen-bond donors (Lipinski definition) is 1. The number of carbonyl (C=O) groups is 1. The first-order valence-electron chi connectivity index (χ1n) is 8.76. The number of ether oxygens (including phenoxy) is 1. The SMILES string of the molecule is COc1ccc(C)cc1C(C)NC(=O)CCn1nnc2ccccc2c1=O. The van der Waals surface area contributed by atoms with Crippen LogP contribution in [0.4, 0.5) is 0 Å². The molecule has 7 heteroatoms. The average Bonchev–Trinajstić information content (AvgIpc) is 2.67. The van der Waals surface area contributed by atoms with E-state index >= 15 is 0 Å². The number of hydrogen-bond acceptors (Lipinski definition) is 5. The third-order valence-electron chi connectivity index (χ3n) is 4.41. The number of aryl methyl sites for hydroxylation is 2. The fourth-order valence-corrected chi connectivity index (χ4v) is 2.96. The number of rotatable bonds is 6. The summed E-state index contributed by atoms with van der Waals surface area (Å²) >= 11 is 0. The van der Waals surface area contributed by atoms with E-state index in [9.17, 15) is 9.59 Å². The van der Waals surface area contributed by atoms with Crippen LogP contribution < -0.4 is 15.6 Å². The van der Waals surface area contributed by atoms with Crippen molar-refractivity contribution in [2.45, 2.75) is 32.9 Å². The molecule has 1 atom stereocenters. The van der Waals surface area contributed by atoms with Gasteiger partial charge in [0.05, 0.1) is 25.1 Å². The van der Waals surface area contributed by atoms with Gasteiger partial charge in [-0.3, -0.25) is 9.59 Å². The molecule has 0 saturated heterocycles. The summed E-state index contributed by atoms with van der Waals surface area (Å²) in [5.41, 5.74) is 2.29. The second-order valence-electron chi connectivity index (χ2n) is 6.42. The van der Waals surface area contributed by atoms with E-state index in [1.165, 1.54) is 4.68 Å². The Hall–Kier alpha value is -3.22. The van der Waals surface area contributed by atoms with Gasteiger partial charge in [0.2, 0.25) is 5.91 Å². The molecule has 0 fully saturated rings. The molecule has 0 saturated carbocycles. The van der Waals surface area contributed by atoms with E-state index in [2.05, 4.69) is 15.6 Å². The van der Waals surface area contributed by atoms with Crippen molar-refractivity contribution < 1.29 is 9.53 Å². The lowest BCUT2D eigenvalue weighted by Gasteiger charge is -2.18. The van der Waals surface area contributed by atoms with E-state index in [0.717, 1.165) is 16.9 Å². The van der Waals surface area contributed by atoms with E-state index in [4.69, 9.17) is 4.74 Å². The van der Waals surface area contributed by atoms with Crippen LogP contribution in [-0.4, -0.2) is 28.0 Å². The van der Waals surface area contributed by atoms with Gasteiger partial charge in [-0.15, -0.1) is 5.10 Å². The number of benzene rings is 2. The molecule has 3 aromatic rings. The Bertz CT molecular complexity index is 1030. The average molecular weight is 366 g/mol. The zero-order valence-electron chi connectivity index (χ0n) is 15.6. The standard InChI is InChI=1S/C20H22N4O3/c1-13-8-9-18(27-3)16(12-13)14(2)21-19(25)10-11-24-20(26)15-6-4-5-7-17(15)22-23-24/h4-9,12,14H,10-11H2,1-3H3,(H,21,25). The monoisotopic (exact) mass is 366 g/mol. The Morgan fingerprint density at radius 2 is 2.04 bits per heavy atom. The highest BCUT2D eigenvalue weighted by Crippen LogP contribution is 2.26. The minimum atomic E-state index is -0.248. The van der Waals surface area contributed by atoms with Gasteiger partial charge in [-0.25, -0.2) is 4.68 Å². The summed E-state index contributed by atoms with van der Waals surface area (Å²) in [7, 11) is 1.60. The van der Waals surface area contributed by atoms with Crippen molar-refractivity contribution in [2.24, 2.45) is 0 Å². The van der Waals surface area contributed by atoms with Gasteiger partial charge < -0.3 is 10.1 Å². The highest BCUT2D eigenvalue weighted by Gasteiger charge is 2.15. The van der Waals surface area contributed by atoms with Crippen molar-refractivity contribution in [3.63, 3.8) is 0 Å². The predicted molar refractivity (Wildman–Crippen MR) is 103 cm³/mol. The number of aromatic nitrogens is 3. The molecule has 27 heavy (non-hydrogen) atoms. The van der Waals surface area contributed by atoms with Gasteiger partial charge in [0.25, 0.3) is 5.56 Å². The fourth-order valence-electron chi connectivity index (χ4n) is 2.96. The Labute approximate surface area is 157 Å². The summed E-state index contributed by atoms with van der Waals surface area (Å²) in [6, 6.07) is 12.6. The summed E-state index contributed by atoms with van der Waals surface area (Å²) in [5, 5.41) is 11.4. The molecular weight excluding hydrogens is 344 g/mol. The van der Waals surface area contributed by atoms with Crippen LogP contribution in [0.2, 0.25) is 0 Å². The molecule has 1 heterocycles. The zero-order valence-corrected chi connectivity index (χ0v) is 15.6. The summed E-state index contributed by atoms with van der Waals surface area (Å²) in [5.74, 6) is 0.554. The van der Waals surface area contributed by atoms with Crippen LogP contribution in [0.25, 0.3) is 10.9 Å². The minimum absolute atomic E-state index is 0.130. The summed E-state index contributed by atoms with van der Waals surface area (Å²) in [6.45, 7) is 4.06. The molecule has 2 aromatic carbocycles. The highest BCUT2D eigenvalue weighted by atomic mass is 16.5. The topological polar surface area (TPSA) is 86.1 Å². The molecule has 140 valence electrons. The number of amides is 1. The fraction of sp³-hybridized carbons (Fsp3) is 0.300. The Kier molecular flexibility index (Phi) is 5.49. The highest BCUT2D eigenvalue weighted by molar-refractivity contribution is 5.77. The third kappa shape index (κ3) is 4.13. The summed E-state index contributed by atoms with van der Waals surface area (Å²) < 4.78 is 6.60. The van der Waals surface area contributed by atoms with Crippen LogP contribution >= 0.6 is 0 Å². The molecule has 0 radical (unpaired) electrons. The van der Waals surface area contributed by atoms with Crippen molar-refractivity contribution in [1.82, 2.24) is 20.3 Å². The molecule has 0 bridgehead atoms. The van der Waals surface area contributed by atoms with E-state index in [1.54, 1.807) is 31.4 Å². The maximum Gasteiger partial charge on any atom is 0.277 e. The maximum absolute atomic E-state index is 12.4. The third-order valence-corrected chi connectivity index (χ3v) is 4.41. The lowest BCUT2D eigenvalue weighted by atomic mass is 10.0. The van der Waals surface area contributed by atoms with E-state index in [0.29, 0.717) is 10.9 Å². The van der Waals surface area contributed by atoms with Crippen LogP contribution in [-0.2, 0) is 11.3 Å². The van der Waals surface area contributed by atoms with Gasteiger partial charge in [0.1, 0.15) is 11.3 Å². The predicted octanol–water partition coefficient (Wildman–Crippen LogP) is 2.38. The Balaban J connectivity index is 1.67.